The number of nitrogens with one attached hydrogen (secondary N) is 1. The molecule has 2 heterocycles. The molecule has 24 heavy (non-hydrogen) atoms. The lowest BCUT2D eigenvalue weighted by atomic mass is 10.2. The van der Waals surface area contributed by atoms with Crippen LogP contribution in [0.25, 0.3) is 11.3 Å². The van der Waals surface area contributed by atoms with E-state index >= 15 is 0 Å². The van der Waals surface area contributed by atoms with E-state index in [4.69, 9.17) is 4.74 Å². The molecule has 0 aliphatic rings. The summed E-state index contributed by atoms with van der Waals surface area (Å²) in [5.41, 5.74) is 2.53. The molecule has 0 bridgehead atoms. The van der Waals surface area contributed by atoms with Gasteiger partial charge in [-0.05, 0) is 30.5 Å². The molecule has 1 unspecified atom stereocenters. The van der Waals surface area contributed by atoms with Crippen LogP contribution in [-0.4, -0.2) is 22.0 Å². The molecule has 0 saturated heterocycles. The first-order valence-corrected chi connectivity index (χ1v) is 8.50. The predicted octanol–water partition coefficient (Wildman–Crippen LogP) is 3.29. The van der Waals surface area contributed by atoms with Gasteiger partial charge in [0, 0.05) is 23.3 Å². The minimum absolute atomic E-state index is 0.194. The van der Waals surface area contributed by atoms with Crippen LogP contribution in [0.3, 0.4) is 0 Å². The number of carbonyl (C=O) groups is 1. The highest BCUT2D eigenvalue weighted by atomic mass is 32.1. The molecule has 122 valence electrons. The standard InChI is InChI=1S/C18H17N3O2S/c1-13(23-15-5-3-2-4-6-15)18(22)21-11-16-17(20-9-8-19-16)14-7-10-24-12-14/h2-10,12-13H,11H2,1H3,(H,21,22). The van der Waals surface area contributed by atoms with Crippen molar-refractivity contribution in [2.45, 2.75) is 19.6 Å². The zero-order chi connectivity index (χ0) is 16.8. The number of para-hydroxylation sites is 1. The Balaban J connectivity index is 1.63. The normalized spacial score (nSPS) is 11.7. The number of rotatable bonds is 6. The van der Waals surface area contributed by atoms with Crippen molar-refractivity contribution in [2.75, 3.05) is 0 Å². The molecular formula is C18H17N3O2S. The number of hydrogen-bond acceptors (Lipinski definition) is 5. The van der Waals surface area contributed by atoms with Gasteiger partial charge < -0.3 is 10.1 Å². The maximum atomic E-state index is 12.2. The van der Waals surface area contributed by atoms with Gasteiger partial charge in [0.15, 0.2) is 6.10 Å². The van der Waals surface area contributed by atoms with Crippen LogP contribution in [0.5, 0.6) is 5.75 Å². The van der Waals surface area contributed by atoms with Crippen LogP contribution in [0.1, 0.15) is 12.6 Å². The molecule has 0 aliphatic carbocycles. The van der Waals surface area contributed by atoms with E-state index < -0.39 is 6.10 Å². The summed E-state index contributed by atoms with van der Waals surface area (Å²) in [7, 11) is 0. The third kappa shape index (κ3) is 3.97. The molecule has 6 heteroatoms. The van der Waals surface area contributed by atoms with Gasteiger partial charge in [0.1, 0.15) is 5.75 Å². The SMILES string of the molecule is CC(Oc1ccccc1)C(=O)NCc1nccnc1-c1ccsc1. The Morgan fingerprint density at radius 2 is 2.00 bits per heavy atom. The van der Waals surface area contributed by atoms with E-state index in [1.165, 1.54) is 0 Å². The van der Waals surface area contributed by atoms with Gasteiger partial charge in [-0.15, -0.1) is 0 Å². The van der Waals surface area contributed by atoms with E-state index in [2.05, 4.69) is 15.3 Å². The average molecular weight is 339 g/mol. The molecule has 0 aliphatic heterocycles. The number of ether oxygens (including phenoxy) is 1. The number of hydrogen-bond donors (Lipinski definition) is 1. The minimum Gasteiger partial charge on any atom is -0.481 e. The van der Waals surface area contributed by atoms with Crippen molar-refractivity contribution in [2.24, 2.45) is 0 Å². The molecule has 3 aromatic rings. The Hall–Kier alpha value is -2.73. The van der Waals surface area contributed by atoms with Gasteiger partial charge in [0.25, 0.3) is 5.91 Å². The summed E-state index contributed by atoms with van der Waals surface area (Å²) < 4.78 is 5.62. The molecule has 0 radical (unpaired) electrons. The zero-order valence-electron chi connectivity index (χ0n) is 13.2. The summed E-state index contributed by atoms with van der Waals surface area (Å²) in [4.78, 5) is 20.9. The van der Waals surface area contributed by atoms with Crippen LogP contribution in [-0.2, 0) is 11.3 Å². The fourth-order valence-electron chi connectivity index (χ4n) is 2.21. The molecule has 5 nitrogen and oxygen atoms in total. The number of thiophene rings is 1. The summed E-state index contributed by atoms with van der Waals surface area (Å²) in [6.07, 6.45) is 2.69. The van der Waals surface area contributed by atoms with Crippen molar-refractivity contribution < 1.29 is 9.53 Å². The van der Waals surface area contributed by atoms with Crippen LogP contribution >= 0.6 is 11.3 Å². The van der Waals surface area contributed by atoms with Gasteiger partial charge >= 0.3 is 0 Å². The highest BCUT2D eigenvalue weighted by molar-refractivity contribution is 7.08. The van der Waals surface area contributed by atoms with E-state index in [0.29, 0.717) is 12.3 Å². The smallest absolute Gasteiger partial charge is 0.261 e. The molecule has 3 rings (SSSR count). The predicted molar refractivity (Wildman–Crippen MR) is 93.7 cm³/mol. The Morgan fingerprint density at radius 3 is 2.75 bits per heavy atom. The van der Waals surface area contributed by atoms with Crippen LogP contribution in [0, 0.1) is 0 Å². The van der Waals surface area contributed by atoms with Gasteiger partial charge in [-0.2, -0.15) is 11.3 Å². The van der Waals surface area contributed by atoms with Gasteiger partial charge in [-0.3, -0.25) is 14.8 Å². The number of carbonyl (C=O) groups excluding carboxylic acids is 1. The molecule has 1 aromatic carbocycles. The van der Waals surface area contributed by atoms with Crippen molar-refractivity contribution in [1.82, 2.24) is 15.3 Å². The topological polar surface area (TPSA) is 64.1 Å². The fourth-order valence-corrected chi connectivity index (χ4v) is 2.85. The number of aromatic nitrogens is 2. The highest BCUT2D eigenvalue weighted by Gasteiger charge is 2.16. The van der Waals surface area contributed by atoms with Crippen molar-refractivity contribution in [3.8, 4) is 17.0 Å². The van der Waals surface area contributed by atoms with Gasteiger partial charge in [-0.25, -0.2) is 0 Å². The van der Waals surface area contributed by atoms with Gasteiger partial charge in [0.2, 0.25) is 0 Å². The highest BCUT2D eigenvalue weighted by Crippen LogP contribution is 2.22. The largest absolute Gasteiger partial charge is 0.481 e. The Bertz CT molecular complexity index is 791. The van der Waals surface area contributed by atoms with Crippen molar-refractivity contribution in [3.05, 3.63) is 65.2 Å². The molecule has 1 N–H and O–H groups in total. The zero-order valence-corrected chi connectivity index (χ0v) is 14.0. The number of amides is 1. The Labute approximate surface area is 144 Å². The lowest BCUT2D eigenvalue weighted by molar-refractivity contribution is -0.127. The van der Waals surface area contributed by atoms with Crippen LogP contribution in [0.4, 0.5) is 0 Å². The monoisotopic (exact) mass is 339 g/mol. The maximum absolute atomic E-state index is 12.2. The molecular weight excluding hydrogens is 322 g/mol. The Kier molecular flexibility index (Phi) is 5.18. The van der Waals surface area contributed by atoms with Gasteiger partial charge in [-0.1, -0.05) is 18.2 Å². The quantitative estimate of drug-likeness (QED) is 0.748. The first-order valence-electron chi connectivity index (χ1n) is 7.56. The van der Waals surface area contributed by atoms with Crippen molar-refractivity contribution in [1.29, 1.82) is 0 Å². The van der Waals surface area contributed by atoms with E-state index in [-0.39, 0.29) is 5.91 Å². The summed E-state index contributed by atoms with van der Waals surface area (Å²) >= 11 is 1.60. The van der Waals surface area contributed by atoms with E-state index in [0.717, 1.165) is 17.0 Å². The average Bonchev–Trinajstić information content (AvgIpc) is 3.15. The van der Waals surface area contributed by atoms with Crippen molar-refractivity contribution >= 4 is 17.2 Å². The van der Waals surface area contributed by atoms with Crippen molar-refractivity contribution in [3.63, 3.8) is 0 Å². The third-order valence-electron chi connectivity index (χ3n) is 3.42. The molecule has 0 fully saturated rings. The van der Waals surface area contributed by atoms with E-state index in [9.17, 15) is 4.79 Å². The van der Waals surface area contributed by atoms with Crippen LogP contribution in [0.2, 0.25) is 0 Å². The first kappa shape index (κ1) is 16.1. The van der Waals surface area contributed by atoms with Crippen LogP contribution in [0.15, 0.2) is 59.6 Å². The van der Waals surface area contributed by atoms with E-state index in [1.54, 1.807) is 30.7 Å². The summed E-state index contributed by atoms with van der Waals surface area (Å²) in [5.74, 6) is 0.472. The third-order valence-corrected chi connectivity index (χ3v) is 4.11. The molecule has 1 amide bonds. The van der Waals surface area contributed by atoms with Gasteiger partial charge in [0.05, 0.1) is 17.9 Å². The molecule has 1 atom stereocenters. The molecule has 0 spiro atoms. The summed E-state index contributed by atoms with van der Waals surface area (Å²) in [6.45, 7) is 2.03. The first-order chi connectivity index (χ1) is 11.7. The number of benzene rings is 1. The second-order valence-electron chi connectivity index (χ2n) is 5.15. The van der Waals surface area contributed by atoms with Crippen LogP contribution < -0.4 is 10.1 Å². The maximum Gasteiger partial charge on any atom is 0.261 e. The lowest BCUT2D eigenvalue weighted by Crippen LogP contribution is -2.36. The summed E-state index contributed by atoms with van der Waals surface area (Å²) in [6, 6.07) is 11.3. The Morgan fingerprint density at radius 1 is 1.21 bits per heavy atom. The minimum atomic E-state index is -0.589. The summed E-state index contributed by atoms with van der Waals surface area (Å²) in [5, 5.41) is 6.86. The number of nitrogens with zero attached hydrogens (tertiary/aromatic N) is 2. The fraction of sp³-hybridized carbons (Fsp3) is 0.167. The second-order valence-corrected chi connectivity index (χ2v) is 5.93. The lowest BCUT2D eigenvalue weighted by Gasteiger charge is -2.15. The molecule has 0 saturated carbocycles. The second kappa shape index (κ2) is 7.70. The van der Waals surface area contributed by atoms with E-state index in [1.807, 2.05) is 47.2 Å². The molecule has 2 aromatic heterocycles.